The average molecular weight is 333 g/mol. The van der Waals surface area contributed by atoms with E-state index in [1.165, 1.54) is 7.11 Å². The van der Waals surface area contributed by atoms with Crippen LogP contribution in [0.25, 0.3) is 0 Å². The number of nitrogens with one attached hydrogen (secondary N) is 1. The van der Waals surface area contributed by atoms with Gasteiger partial charge in [0.2, 0.25) is 11.8 Å². The molecule has 2 aliphatic rings. The van der Waals surface area contributed by atoms with Crippen molar-refractivity contribution in [3.05, 3.63) is 24.3 Å². The van der Waals surface area contributed by atoms with Crippen LogP contribution in [0.5, 0.6) is 0 Å². The molecule has 3 rings (SSSR count). The van der Waals surface area contributed by atoms with Crippen LogP contribution in [0.4, 0.5) is 0 Å². The zero-order valence-electron chi connectivity index (χ0n) is 14.1. The molecule has 8 heteroatoms. The third-order valence-corrected chi connectivity index (χ3v) is 4.94. The summed E-state index contributed by atoms with van der Waals surface area (Å²) in [5, 5.41) is 3.31. The molecular formula is C16H23N5O3. The van der Waals surface area contributed by atoms with Crippen molar-refractivity contribution in [1.29, 1.82) is 0 Å². The molecule has 130 valence electrons. The number of rotatable bonds is 5. The monoisotopic (exact) mass is 333 g/mol. The minimum absolute atomic E-state index is 0.0517. The molecule has 24 heavy (non-hydrogen) atoms. The summed E-state index contributed by atoms with van der Waals surface area (Å²) in [7, 11) is 3.28. The van der Waals surface area contributed by atoms with Crippen molar-refractivity contribution >= 4 is 11.8 Å². The molecule has 0 bridgehead atoms. The molecule has 1 N–H and O–H groups in total. The summed E-state index contributed by atoms with van der Waals surface area (Å²) in [5.41, 5.74) is 0.193. The highest BCUT2D eigenvalue weighted by molar-refractivity contribution is 5.86. The fraction of sp³-hybridized carbons (Fsp3) is 0.625. The predicted octanol–water partition coefficient (Wildman–Crippen LogP) is -0.871. The van der Waals surface area contributed by atoms with Crippen molar-refractivity contribution in [2.75, 3.05) is 46.9 Å². The maximum atomic E-state index is 13.1. The molecule has 2 atom stereocenters. The van der Waals surface area contributed by atoms with Gasteiger partial charge in [0.05, 0.1) is 23.9 Å². The van der Waals surface area contributed by atoms with Gasteiger partial charge in [0, 0.05) is 58.6 Å². The maximum absolute atomic E-state index is 13.1. The standard InChI is InChI=1S/C16H23N5O3/c1-20(8-13-6-17-3-4-19-13)15(23)16-10-18-5-12(16)7-21(11-16)14(22)9-24-2/h3-4,6,12,18H,5,7-11H2,1-2H3/t12-,16-/m1/s1. The summed E-state index contributed by atoms with van der Waals surface area (Å²) in [6.45, 7) is 2.85. The number of hydrogen-bond donors (Lipinski definition) is 1. The number of nitrogens with zero attached hydrogens (tertiary/aromatic N) is 4. The summed E-state index contributed by atoms with van der Waals surface area (Å²) in [6.07, 6.45) is 4.89. The molecular weight excluding hydrogens is 310 g/mol. The van der Waals surface area contributed by atoms with Gasteiger partial charge in [-0.25, -0.2) is 0 Å². The fourth-order valence-electron chi connectivity index (χ4n) is 3.73. The Morgan fingerprint density at radius 2 is 2.33 bits per heavy atom. The number of carbonyl (C=O) groups excluding carboxylic acids is 2. The summed E-state index contributed by atoms with van der Waals surface area (Å²) in [6, 6.07) is 0. The fourth-order valence-corrected chi connectivity index (χ4v) is 3.73. The van der Waals surface area contributed by atoms with Gasteiger partial charge in [-0.15, -0.1) is 0 Å². The Hall–Kier alpha value is -2.06. The number of ether oxygens (including phenoxy) is 1. The third-order valence-electron chi connectivity index (χ3n) is 4.94. The van der Waals surface area contributed by atoms with Crippen LogP contribution in [0.3, 0.4) is 0 Å². The molecule has 0 aromatic carbocycles. The van der Waals surface area contributed by atoms with Gasteiger partial charge in [-0.3, -0.25) is 19.6 Å². The summed E-state index contributed by atoms with van der Waals surface area (Å²) < 4.78 is 4.94. The predicted molar refractivity (Wildman–Crippen MR) is 85.8 cm³/mol. The maximum Gasteiger partial charge on any atom is 0.248 e. The summed E-state index contributed by atoms with van der Waals surface area (Å²) in [5.74, 6) is 0.127. The van der Waals surface area contributed by atoms with Crippen LogP contribution in [0.15, 0.2) is 18.6 Å². The lowest BCUT2D eigenvalue weighted by molar-refractivity contribution is -0.142. The Labute approximate surface area is 141 Å². The first kappa shape index (κ1) is 16.8. The van der Waals surface area contributed by atoms with Crippen LogP contribution in [0.2, 0.25) is 0 Å². The van der Waals surface area contributed by atoms with Gasteiger partial charge < -0.3 is 19.9 Å². The van der Waals surface area contributed by atoms with E-state index in [1.807, 2.05) is 0 Å². The first-order valence-electron chi connectivity index (χ1n) is 8.04. The highest BCUT2D eigenvalue weighted by Crippen LogP contribution is 2.40. The van der Waals surface area contributed by atoms with Gasteiger partial charge in [-0.05, 0) is 0 Å². The van der Waals surface area contributed by atoms with E-state index in [1.54, 1.807) is 35.4 Å². The van der Waals surface area contributed by atoms with E-state index in [-0.39, 0.29) is 24.3 Å². The first-order chi connectivity index (χ1) is 11.6. The second-order valence-electron chi connectivity index (χ2n) is 6.55. The second kappa shape index (κ2) is 6.82. The molecule has 3 heterocycles. The molecule has 0 saturated carbocycles. The molecule has 2 saturated heterocycles. The van der Waals surface area contributed by atoms with Gasteiger partial charge in [-0.2, -0.15) is 0 Å². The Balaban J connectivity index is 1.73. The molecule has 0 aliphatic carbocycles. The smallest absolute Gasteiger partial charge is 0.248 e. The lowest BCUT2D eigenvalue weighted by Crippen LogP contribution is -2.48. The van der Waals surface area contributed by atoms with Crippen LogP contribution in [-0.4, -0.2) is 78.5 Å². The zero-order chi connectivity index (χ0) is 17.2. The molecule has 1 aromatic rings. The van der Waals surface area contributed by atoms with E-state index in [2.05, 4.69) is 15.3 Å². The molecule has 0 unspecified atom stereocenters. The van der Waals surface area contributed by atoms with E-state index in [9.17, 15) is 9.59 Å². The van der Waals surface area contributed by atoms with E-state index >= 15 is 0 Å². The number of methoxy groups -OCH3 is 1. The quantitative estimate of drug-likeness (QED) is 0.754. The van der Waals surface area contributed by atoms with Crippen LogP contribution in [-0.2, 0) is 20.9 Å². The highest BCUT2D eigenvalue weighted by Gasteiger charge is 2.56. The average Bonchev–Trinajstić information content (AvgIpc) is 3.13. The third kappa shape index (κ3) is 2.99. The zero-order valence-corrected chi connectivity index (χ0v) is 14.1. The number of carbonyl (C=O) groups is 2. The van der Waals surface area contributed by atoms with Gasteiger partial charge in [0.15, 0.2) is 0 Å². The largest absolute Gasteiger partial charge is 0.375 e. The number of hydrogen-bond acceptors (Lipinski definition) is 6. The van der Waals surface area contributed by atoms with E-state index < -0.39 is 5.41 Å². The molecule has 2 amide bonds. The highest BCUT2D eigenvalue weighted by atomic mass is 16.5. The van der Waals surface area contributed by atoms with E-state index in [0.29, 0.717) is 26.2 Å². The van der Waals surface area contributed by atoms with Gasteiger partial charge in [0.25, 0.3) is 0 Å². The lowest BCUT2D eigenvalue weighted by Gasteiger charge is -2.31. The number of fused-ring (bicyclic) bond motifs is 1. The van der Waals surface area contributed by atoms with Crippen LogP contribution in [0.1, 0.15) is 5.69 Å². The van der Waals surface area contributed by atoms with E-state index in [0.717, 1.165) is 12.2 Å². The topological polar surface area (TPSA) is 87.7 Å². The van der Waals surface area contributed by atoms with Gasteiger partial charge >= 0.3 is 0 Å². The Bertz CT molecular complexity index is 611. The van der Waals surface area contributed by atoms with Gasteiger partial charge in [0.1, 0.15) is 6.61 Å². The van der Waals surface area contributed by atoms with Crippen molar-refractivity contribution in [3.63, 3.8) is 0 Å². The molecule has 8 nitrogen and oxygen atoms in total. The van der Waals surface area contributed by atoms with Crippen molar-refractivity contribution in [3.8, 4) is 0 Å². The number of likely N-dealkylation sites (tertiary alicyclic amines) is 1. The van der Waals surface area contributed by atoms with Crippen LogP contribution < -0.4 is 5.32 Å². The van der Waals surface area contributed by atoms with Crippen molar-refractivity contribution in [2.45, 2.75) is 6.54 Å². The minimum atomic E-state index is -0.555. The summed E-state index contributed by atoms with van der Waals surface area (Å²) >= 11 is 0. The minimum Gasteiger partial charge on any atom is -0.375 e. The number of amides is 2. The molecule has 0 radical (unpaired) electrons. The Kier molecular flexibility index (Phi) is 4.77. The second-order valence-corrected chi connectivity index (χ2v) is 6.55. The molecule has 1 aromatic heterocycles. The Morgan fingerprint density at radius 3 is 3.04 bits per heavy atom. The molecule has 2 aliphatic heterocycles. The Morgan fingerprint density at radius 1 is 1.50 bits per heavy atom. The molecule has 2 fully saturated rings. The SMILES string of the molecule is COCC(=O)N1C[C@H]2CNC[C@@]2(C(=O)N(C)Cc2cnccn2)C1. The summed E-state index contributed by atoms with van der Waals surface area (Å²) in [4.78, 5) is 37.0. The van der Waals surface area contributed by atoms with Gasteiger partial charge in [-0.1, -0.05) is 0 Å². The van der Waals surface area contributed by atoms with Crippen LogP contribution in [0, 0.1) is 11.3 Å². The van der Waals surface area contributed by atoms with Crippen molar-refractivity contribution in [1.82, 2.24) is 25.1 Å². The molecule has 0 spiro atoms. The van der Waals surface area contributed by atoms with Crippen molar-refractivity contribution in [2.24, 2.45) is 11.3 Å². The van der Waals surface area contributed by atoms with E-state index in [4.69, 9.17) is 4.74 Å². The van der Waals surface area contributed by atoms with Crippen molar-refractivity contribution < 1.29 is 14.3 Å². The normalized spacial score (nSPS) is 25.6. The van der Waals surface area contributed by atoms with Crippen LogP contribution >= 0.6 is 0 Å². The first-order valence-corrected chi connectivity index (χ1v) is 8.04. The lowest BCUT2D eigenvalue weighted by atomic mass is 9.79. The number of aromatic nitrogens is 2.